The summed E-state index contributed by atoms with van der Waals surface area (Å²) in [6, 6.07) is 0. The standard InChI is InChI=1S/C10H14N2O4/c13-9(14)3-1-2-8-11-10(12-16-8)7-4-5-15-6-7/h7H,1-6H2,(H,13,14). The van der Waals surface area contributed by atoms with Crippen LogP contribution in [0.4, 0.5) is 0 Å². The number of ether oxygens (including phenoxy) is 1. The molecule has 6 heteroatoms. The lowest BCUT2D eigenvalue weighted by molar-refractivity contribution is -0.137. The fourth-order valence-electron chi connectivity index (χ4n) is 1.66. The molecule has 1 aliphatic rings. The molecule has 6 nitrogen and oxygen atoms in total. The average molecular weight is 226 g/mol. The molecule has 0 radical (unpaired) electrons. The van der Waals surface area contributed by atoms with Gasteiger partial charge in [0.05, 0.1) is 6.61 Å². The molecule has 1 atom stereocenters. The van der Waals surface area contributed by atoms with Gasteiger partial charge in [-0.05, 0) is 12.8 Å². The monoisotopic (exact) mass is 226 g/mol. The third-order valence-corrected chi connectivity index (χ3v) is 2.56. The molecule has 0 aromatic carbocycles. The van der Waals surface area contributed by atoms with Crippen molar-refractivity contribution in [3.63, 3.8) is 0 Å². The third kappa shape index (κ3) is 2.79. The van der Waals surface area contributed by atoms with Crippen molar-refractivity contribution in [2.45, 2.75) is 31.6 Å². The average Bonchev–Trinajstić information content (AvgIpc) is 2.85. The Hall–Kier alpha value is -1.43. The Morgan fingerprint density at radius 2 is 2.44 bits per heavy atom. The minimum Gasteiger partial charge on any atom is -0.481 e. The van der Waals surface area contributed by atoms with Crippen LogP contribution >= 0.6 is 0 Å². The van der Waals surface area contributed by atoms with Crippen molar-refractivity contribution >= 4 is 5.97 Å². The fraction of sp³-hybridized carbons (Fsp3) is 0.700. The van der Waals surface area contributed by atoms with Crippen LogP contribution in [-0.2, 0) is 16.0 Å². The van der Waals surface area contributed by atoms with Crippen LogP contribution < -0.4 is 0 Å². The van der Waals surface area contributed by atoms with Crippen molar-refractivity contribution in [3.05, 3.63) is 11.7 Å². The minimum absolute atomic E-state index is 0.129. The lowest BCUT2D eigenvalue weighted by Crippen LogP contribution is -2.00. The van der Waals surface area contributed by atoms with Crippen molar-refractivity contribution in [2.24, 2.45) is 0 Å². The van der Waals surface area contributed by atoms with Gasteiger partial charge >= 0.3 is 5.97 Å². The summed E-state index contributed by atoms with van der Waals surface area (Å²) in [6.07, 6.45) is 2.10. The summed E-state index contributed by atoms with van der Waals surface area (Å²) >= 11 is 0. The van der Waals surface area contributed by atoms with Crippen LogP contribution in [0.25, 0.3) is 0 Å². The van der Waals surface area contributed by atoms with Crippen LogP contribution in [0.2, 0.25) is 0 Å². The highest BCUT2D eigenvalue weighted by molar-refractivity contribution is 5.66. The molecule has 0 amide bonds. The maximum atomic E-state index is 10.3. The maximum absolute atomic E-state index is 10.3. The van der Waals surface area contributed by atoms with Gasteiger partial charge in [0.15, 0.2) is 5.82 Å². The molecule has 0 saturated carbocycles. The second kappa shape index (κ2) is 5.07. The number of aliphatic carboxylic acids is 1. The van der Waals surface area contributed by atoms with Crippen LogP contribution in [0.1, 0.15) is 36.9 Å². The van der Waals surface area contributed by atoms with Crippen molar-refractivity contribution < 1.29 is 19.2 Å². The number of nitrogens with zero attached hydrogens (tertiary/aromatic N) is 2. The molecule has 2 rings (SSSR count). The number of carboxylic acid groups (broad SMARTS) is 1. The first-order chi connectivity index (χ1) is 7.75. The second-order valence-corrected chi connectivity index (χ2v) is 3.85. The van der Waals surface area contributed by atoms with Crippen LogP contribution in [0, 0.1) is 0 Å². The van der Waals surface area contributed by atoms with E-state index in [0.717, 1.165) is 13.0 Å². The molecule has 1 N–H and O–H groups in total. The predicted octanol–water partition coefficient (Wildman–Crippen LogP) is 0.981. The highest BCUT2D eigenvalue weighted by Gasteiger charge is 2.22. The number of carbonyl (C=O) groups is 1. The maximum Gasteiger partial charge on any atom is 0.303 e. The van der Waals surface area contributed by atoms with E-state index in [1.807, 2.05) is 0 Å². The number of hydrogen-bond donors (Lipinski definition) is 1. The van der Waals surface area contributed by atoms with Crippen molar-refractivity contribution in [1.82, 2.24) is 10.1 Å². The first-order valence-electron chi connectivity index (χ1n) is 5.37. The third-order valence-electron chi connectivity index (χ3n) is 2.56. The van der Waals surface area contributed by atoms with Gasteiger partial charge in [0.25, 0.3) is 0 Å². The second-order valence-electron chi connectivity index (χ2n) is 3.85. The summed E-state index contributed by atoms with van der Waals surface area (Å²) < 4.78 is 10.3. The molecule has 1 aromatic heterocycles. The zero-order valence-corrected chi connectivity index (χ0v) is 8.89. The Balaban J connectivity index is 1.84. The van der Waals surface area contributed by atoms with Gasteiger partial charge in [-0.1, -0.05) is 5.16 Å². The predicted molar refractivity (Wildman–Crippen MR) is 53.0 cm³/mol. The van der Waals surface area contributed by atoms with Crippen LogP contribution in [0.5, 0.6) is 0 Å². The molecular formula is C10H14N2O4. The summed E-state index contributed by atoms with van der Waals surface area (Å²) in [6.45, 7) is 1.39. The molecule has 0 bridgehead atoms. The number of aromatic nitrogens is 2. The van der Waals surface area contributed by atoms with Gasteiger partial charge in [-0.25, -0.2) is 0 Å². The van der Waals surface area contributed by atoms with Gasteiger partial charge in [0, 0.05) is 25.4 Å². The Morgan fingerprint density at radius 3 is 3.12 bits per heavy atom. The van der Waals surface area contributed by atoms with Gasteiger partial charge < -0.3 is 14.4 Å². The Kier molecular flexibility index (Phi) is 3.51. The van der Waals surface area contributed by atoms with Crippen molar-refractivity contribution in [1.29, 1.82) is 0 Å². The largest absolute Gasteiger partial charge is 0.481 e. The van der Waals surface area contributed by atoms with E-state index in [1.165, 1.54) is 0 Å². The lowest BCUT2D eigenvalue weighted by Gasteiger charge is -1.97. The quantitative estimate of drug-likeness (QED) is 0.805. The van der Waals surface area contributed by atoms with Crippen LogP contribution in [0.15, 0.2) is 4.52 Å². The molecule has 2 heterocycles. The highest BCUT2D eigenvalue weighted by Crippen LogP contribution is 2.22. The van der Waals surface area contributed by atoms with E-state index in [0.29, 0.717) is 31.2 Å². The van der Waals surface area contributed by atoms with Crippen molar-refractivity contribution in [3.8, 4) is 0 Å². The van der Waals surface area contributed by atoms with E-state index in [2.05, 4.69) is 10.1 Å². The van der Waals surface area contributed by atoms with E-state index >= 15 is 0 Å². The van der Waals surface area contributed by atoms with Crippen LogP contribution in [-0.4, -0.2) is 34.4 Å². The van der Waals surface area contributed by atoms with Gasteiger partial charge in [-0.3, -0.25) is 4.79 Å². The van der Waals surface area contributed by atoms with Gasteiger partial charge in [-0.15, -0.1) is 0 Å². The molecule has 1 unspecified atom stereocenters. The zero-order valence-electron chi connectivity index (χ0n) is 8.89. The van der Waals surface area contributed by atoms with Gasteiger partial charge in [0.2, 0.25) is 5.89 Å². The normalized spacial score (nSPS) is 20.1. The van der Waals surface area contributed by atoms with Gasteiger partial charge in [0.1, 0.15) is 0 Å². The topological polar surface area (TPSA) is 85.5 Å². The highest BCUT2D eigenvalue weighted by atomic mass is 16.5. The smallest absolute Gasteiger partial charge is 0.303 e. The molecule has 1 aliphatic heterocycles. The van der Waals surface area contributed by atoms with E-state index in [4.69, 9.17) is 14.4 Å². The fourth-order valence-corrected chi connectivity index (χ4v) is 1.66. The summed E-state index contributed by atoms with van der Waals surface area (Å²) in [5.74, 6) is 0.631. The minimum atomic E-state index is -0.802. The molecule has 0 spiro atoms. The van der Waals surface area contributed by atoms with E-state index < -0.39 is 5.97 Å². The first kappa shape index (κ1) is 11.1. The summed E-state index contributed by atoms with van der Waals surface area (Å²) in [5.41, 5.74) is 0. The van der Waals surface area contributed by atoms with E-state index in [1.54, 1.807) is 0 Å². The van der Waals surface area contributed by atoms with Crippen LogP contribution in [0.3, 0.4) is 0 Å². The summed E-state index contributed by atoms with van der Waals surface area (Å²) in [7, 11) is 0. The van der Waals surface area contributed by atoms with Gasteiger partial charge in [-0.2, -0.15) is 4.98 Å². The lowest BCUT2D eigenvalue weighted by atomic mass is 10.1. The number of hydrogen-bond acceptors (Lipinski definition) is 5. The Labute approximate surface area is 92.6 Å². The van der Waals surface area contributed by atoms with E-state index in [-0.39, 0.29) is 12.3 Å². The Bertz CT molecular complexity index is 357. The summed E-state index contributed by atoms with van der Waals surface area (Å²) in [4.78, 5) is 14.6. The SMILES string of the molecule is O=C(O)CCCc1nc(C2CCOC2)no1. The first-order valence-corrected chi connectivity index (χ1v) is 5.37. The molecular weight excluding hydrogens is 212 g/mol. The Morgan fingerprint density at radius 1 is 1.56 bits per heavy atom. The van der Waals surface area contributed by atoms with E-state index in [9.17, 15) is 4.79 Å². The molecule has 1 saturated heterocycles. The van der Waals surface area contributed by atoms with Crippen molar-refractivity contribution in [2.75, 3.05) is 13.2 Å². The number of rotatable bonds is 5. The molecule has 16 heavy (non-hydrogen) atoms. The molecule has 88 valence electrons. The number of carboxylic acids is 1. The molecule has 1 aromatic rings. The number of aryl methyl sites for hydroxylation is 1. The molecule has 0 aliphatic carbocycles. The molecule has 1 fully saturated rings. The zero-order chi connectivity index (χ0) is 11.4. The summed E-state index contributed by atoms with van der Waals surface area (Å²) in [5, 5.41) is 12.4.